The van der Waals surface area contributed by atoms with Crippen molar-refractivity contribution in [3.63, 3.8) is 0 Å². The molecule has 4 aromatic rings. The largest absolute Gasteiger partial charge is 0.497 e. The quantitative estimate of drug-likeness (QED) is 0.357. The van der Waals surface area contributed by atoms with Gasteiger partial charge >= 0.3 is 0 Å². The van der Waals surface area contributed by atoms with E-state index in [4.69, 9.17) is 16.3 Å². The Morgan fingerprint density at radius 1 is 1.00 bits per heavy atom. The van der Waals surface area contributed by atoms with Crippen LogP contribution in [-0.4, -0.2) is 28.5 Å². The summed E-state index contributed by atoms with van der Waals surface area (Å²) in [6.45, 7) is 0.874. The summed E-state index contributed by atoms with van der Waals surface area (Å²) < 4.78 is 7.03. The number of rotatable bonds is 9. The summed E-state index contributed by atoms with van der Waals surface area (Å²) in [6.07, 6.45) is 3.58. The summed E-state index contributed by atoms with van der Waals surface area (Å²) in [5.41, 5.74) is 3.78. The molecular weight excluding hydrogens is 464 g/mol. The number of carbonyl (C=O) groups is 2. The molecule has 0 fully saturated rings. The minimum absolute atomic E-state index is 0.104. The van der Waals surface area contributed by atoms with Gasteiger partial charge in [-0.25, -0.2) is 4.98 Å². The number of halogens is 1. The molecule has 2 amide bonds. The van der Waals surface area contributed by atoms with Crippen LogP contribution in [0.1, 0.15) is 27.2 Å². The zero-order valence-corrected chi connectivity index (χ0v) is 20.0. The van der Waals surface area contributed by atoms with Gasteiger partial charge in [0, 0.05) is 30.0 Å². The molecule has 0 spiro atoms. The van der Waals surface area contributed by atoms with Crippen molar-refractivity contribution in [3.05, 3.63) is 113 Å². The first-order valence-corrected chi connectivity index (χ1v) is 11.4. The van der Waals surface area contributed by atoms with E-state index in [1.165, 1.54) is 0 Å². The van der Waals surface area contributed by atoms with E-state index in [-0.39, 0.29) is 18.2 Å². The SMILES string of the molecule is COc1cccc(CC(=O)Nc2ccc(Cn3cnc(C(=O)NCc4ccccc4Cl)c3)cc2)c1. The van der Waals surface area contributed by atoms with E-state index < -0.39 is 0 Å². The number of nitrogens with zero attached hydrogens (tertiary/aromatic N) is 2. The predicted molar refractivity (Wildman–Crippen MR) is 136 cm³/mol. The third kappa shape index (κ3) is 6.71. The number of hydrogen-bond donors (Lipinski definition) is 2. The lowest BCUT2D eigenvalue weighted by atomic mass is 10.1. The van der Waals surface area contributed by atoms with Crippen LogP contribution >= 0.6 is 11.6 Å². The first kappa shape index (κ1) is 24.0. The van der Waals surface area contributed by atoms with Gasteiger partial charge < -0.3 is 19.9 Å². The molecule has 4 rings (SSSR count). The fraction of sp³-hybridized carbons (Fsp3) is 0.148. The Kier molecular flexibility index (Phi) is 7.80. The van der Waals surface area contributed by atoms with Crippen molar-refractivity contribution in [3.8, 4) is 5.75 Å². The number of nitrogens with one attached hydrogen (secondary N) is 2. The van der Waals surface area contributed by atoms with Gasteiger partial charge in [-0.3, -0.25) is 9.59 Å². The van der Waals surface area contributed by atoms with E-state index >= 15 is 0 Å². The Labute approximate surface area is 208 Å². The van der Waals surface area contributed by atoms with Gasteiger partial charge in [-0.15, -0.1) is 0 Å². The molecule has 0 aliphatic carbocycles. The maximum atomic E-state index is 12.4. The van der Waals surface area contributed by atoms with Gasteiger partial charge in [0.25, 0.3) is 5.91 Å². The molecule has 0 bridgehead atoms. The second-order valence-corrected chi connectivity index (χ2v) is 8.39. The number of anilines is 1. The van der Waals surface area contributed by atoms with Gasteiger partial charge in [0.15, 0.2) is 0 Å². The van der Waals surface area contributed by atoms with Gasteiger partial charge in [-0.2, -0.15) is 0 Å². The number of methoxy groups -OCH3 is 1. The van der Waals surface area contributed by atoms with E-state index in [0.717, 1.165) is 22.4 Å². The van der Waals surface area contributed by atoms with Gasteiger partial charge in [-0.1, -0.05) is 54.1 Å². The molecule has 0 aliphatic heterocycles. The van der Waals surface area contributed by atoms with Crippen LogP contribution in [0.3, 0.4) is 0 Å². The highest BCUT2D eigenvalue weighted by Crippen LogP contribution is 2.16. The third-order valence-electron chi connectivity index (χ3n) is 5.36. The van der Waals surface area contributed by atoms with Crippen LogP contribution in [0.2, 0.25) is 5.02 Å². The molecule has 35 heavy (non-hydrogen) atoms. The molecule has 8 heteroatoms. The molecule has 2 N–H and O–H groups in total. The first-order chi connectivity index (χ1) is 17.0. The van der Waals surface area contributed by atoms with E-state index in [1.807, 2.05) is 71.3 Å². The van der Waals surface area contributed by atoms with Gasteiger partial charge in [0.05, 0.1) is 19.9 Å². The van der Waals surface area contributed by atoms with Crippen LogP contribution in [0.4, 0.5) is 5.69 Å². The summed E-state index contributed by atoms with van der Waals surface area (Å²) in [5, 5.41) is 6.35. The summed E-state index contributed by atoms with van der Waals surface area (Å²) in [4.78, 5) is 29.0. The number of amides is 2. The molecule has 1 aromatic heterocycles. The molecule has 1 heterocycles. The highest BCUT2D eigenvalue weighted by molar-refractivity contribution is 6.31. The molecule has 0 unspecified atom stereocenters. The van der Waals surface area contributed by atoms with E-state index in [9.17, 15) is 9.59 Å². The molecule has 7 nitrogen and oxygen atoms in total. The lowest BCUT2D eigenvalue weighted by Crippen LogP contribution is -2.23. The van der Waals surface area contributed by atoms with E-state index in [1.54, 1.807) is 25.7 Å². The first-order valence-electron chi connectivity index (χ1n) is 11.1. The summed E-state index contributed by atoms with van der Waals surface area (Å²) >= 11 is 6.14. The Morgan fingerprint density at radius 3 is 2.57 bits per heavy atom. The summed E-state index contributed by atoms with van der Waals surface area (Å²) in [5.74, 6) is 0.353. The standard InChI is InChI=1S/C27H25ClN4O3/c1-35-23-7-4-5-20(13-23)14-26(33)31-22-11-9-19(10-12-22)16-32-17-25(30-18-32)27(34)29-15-21-6-2-3-8-24(21)28/h2-13,17-18H,14-16H2,1H3,(H,29,34)(H,31,33). The lowest BCUT2D eigenvalue weighted by Gasteiger charge is -2.08. The monoisotopic (exact) mass is 488 g/mol. The number of carbonyl (C=O) groups excluding carboxylic acids is 2. The molecule has 3 aromatic carbocycles. The van der Waals surface area contributed by atoms with Crippen molar-refractivity contribution >= 4 is 29.1 Å². The van der Waals surface area contributed by atoms with Crippen LogP contribution < -0.4 is 15.4 Å². The smallest absolute Gasteiger partial charge is 0.271 e. The Morgan fingerprint density at radius 2 is 1.80 bits per heavy atom. The van der Waals surface area contributed by atoms with Crippen molar-refractivity contribution in [2.24, 2.45) is 0 Å². The number of ether oxygens (including phenoxy) is 1. The molecule has 0 aliphatic rings. The topological polar surface area (TPSA) is 85.2 Å². The molecule has 0 saturated carbocycles. The number of benzene rings is 3. The Hall–Kier alpha value is -4.10. The predicted octanol–water partition coefficient (Wildman–Crippen LogP) is 4.70. The molecule has 0 radical (unpaired) electrons. The Bertz CT molecular complexity index is 1320. The number of imidazole rings is 1. The molecule has 0 saturated heterocycles. The lowest BCUT2D eigenvalue weighted by molar-refractivity contribution is -0.115. The average Bonchev–Trinajstić information content (AvgIpc) is 3.33. The minimum Gasteiger partial charge on any atom is -0.497 e. The summed E-state index contributed by atoms with van der Waals surface area (Å²) in [6, 6.07) is 22.4. The zero-order valence-electron chi connectivity index (χ0n) is 19.2. The van der Waals surface area contributed by atoms with Crippen LogP contribution in [0.25, 0.3) is 0 Å². The van der Waals surface area contributed by atoms with Crippen LogP contribution in [0, 0.1) is 0 Å². The maximum absolute atomic E-state index is 12.4. The summed E-state index contributed by atoms with van der Waals surface area (Å²) in [7, 11) is 1.60. The van der Waals surface area contributed by atoms with Crippen LogP contribution in [-0.2, 0) is 24.3 Å². The number of hydrogen-bond acceptors (Lipinski definition) is 4. The van der Waals surface area contributed by atoms with Crippen molar-refractivity contribution in [1.82, 2.24) is 14.9 Å². The fourth-order valence-corrected chi connectivity index (χ4v) is 3.75. The second kappa shape index (κ2) is 11.4. The van der Waals surface area contributed by atoms with Gasteiger partial charge in [0.2, 0.25) is 5.91 Å². The van der Waals surface area contributed by atoms with E-state index in [0.29, 0.717) is 29.5 Å². The minimum atomic E-state index is -0.266. The third-order valence-corrected chi connectivity index (χ3v) is 5.73. The van der Waals surface area contributed by atoms with E-state index in [2.05, 4.69) is 15.6 Å². The highest BCUT2D eigenvalue weighted by atomic mass is 35.5. The number of aromatic nitrogens is 2. The van der Waals surface area contributed by atoms with Gasteiger partial charge in [-0.05, 0) is 47.0 Å². The van der Waals surface area contributed by atoms with Crippen LogP contribution in [0.5, 0.6) is 5.75 Å². The highest BCUT2D eigenvalue weighted by Gasteiger charge is 2.11. The normalized spacial score (nSPS) is 10.6. The average molecular weight is 489 g/mol. The van der Waals surface area contributed by atoms with Crippen molar-refractivity contribution in [1.29, 1.82) is 0 Å². The molecular formula is C27H25ClN4O3. The fourth-order valence-electron chi connectivity index (χ4n) is 3.55. The van der Waals surface area contributed by atoms with Crippen LogP contribution in [0.15, 0.2) is 85.3 Å². The molecule has 178 valence electrons. The zero-order chi connectivity index (χ0) is 24.6. The molecule has 0 atom stereocenters. The van der Waals surface area contributed by atoms with Crippen molar-refractivity contribution < 1.29 is 14.3 Å². The second-order valence-electron chi connectivity index (χ2n) is 7.98. The van der Waals surface area contributed by atoms with Gasteiger partial charge in [0.1, 0.15) is 11.4 Å². The van der Waals surface area contributed by atoms with Crippen molar-refractivity contribution in [2.45, 2.75) is 19.5 Å². The Balaban J connectivity index is 1.29. The maximum Gasteiger partial charge on any atom is 0.271 e. The van der Waals surface area contributed by atoms with Crippen molar-refractivity contribution in [2.75, 3.05) is 12.4 Å².